The van der Waals surface area contributed by atoms with Gasteiger partial charge in [0.2, 0.25) is 15.9 Å². The quantitative estimate of drug-likeness (QED) is 0.601. The first-order valence-electron chi connectivity index (χ1n) is 9.47. The minimum Gasteiger partial charge on any atom is -0.490 e. The Kier molecular flexibility index (Phi) is 5.89. The van der Waals surface area contributed by atoms with Crippen LogP contribution in [0.4, 0.5) is 5.13 Å². The second-order valence-electron chi connectivity index (χ2n) is 6.85. The van der Waals surface area contributed by atoms with Gasteiger partial charge in [0.1, 0.15) is 0 Å². The molecule has 158 valence electrons. The van der Waals surface area contributed by atoms with E-state index in [-0.39, 0.29) is 23.8 Å². The van der Waals surface area contributed by atoms with Crippen molar-refractivity contribution in [2.45, 2.75) is 24.7 Å². The number of benzene rings is 2. The van der Waals surface area contributed by atoms with E-state index in [1.165, 1.54) is 23.5 Å². The Balaban J connectivity index is 1.34. The van der Waals surface area contributed by atoms with E-state index in [2.05, 4.69) is 15.0 Å². The third-order valence-corrected chi connectivity index (χ3v) is 6.86. The van der Waals surface area contributed by atoms with Crippen LogP contribution in [-0.4, -0.2) is 39.1 Å². The number of anilines is 1. The summed E-state index contributed by atoms with van der Waals surface area (Å²) in [5, 5.41) is 3.21. The van der Waals surface area contributed by atoms with Crippen molar-refractivity contribution in [3.63, 3.8) is 0 Å². The Labute approximate surface area is 178 Å². The zero-order valence-corrected chi connectivity index (χ0v) is 17.9. The molecule has 0 atom stereocenters. The van der Waals surface area contributed by atoms with Gasteiger partial charge >= 0.3 is 0 Å². The average molecular weight is 448 g/mol. The number of fused-ring (bicyclic) bond motifs is 2. The average Bonchev–Trinajstić information content (AvgIpc) is 2.93. The molecule has 4 rings (SSSR count). The summed E-state index contributed by atoms with van der Waals surface area (Å²) in [6.07, 6.45) is 0.719. The van der Waals surface area contributed by atoms with Crippen molar-refractivity contribution < 1.29 is 22.7 Å². The monoisotopic (exact) mass is 447 g/mol. The van der Waals surface area contributed by atoms with E-state index in [1.807, 2.05) is 25.1 Å². The molecule has 3 aromatic rings. The van der Waals surface area contributed by atoms with Crippen LogP contribution < -0.4 is 19.5 Å². The molecule has 0 spiro atoms. The number of thiazole rings is 1. The lowest BCUT2D eigenvalue weighted by atomic mass is 10.2. The van der Waals surface area contributed by atoms with Gasteiger partial charge in [-0.2, -0.15) is 0 Å². The summed E-state index contributed by atoms with van der Waals surface area (Å²) in [5.74, 6) is 0.614. The second-order valence-corrected chi connectivity index (χ2v) is 9.64. The van der Waals surface area contributed by atoms with Crippen molar-refractivity contribution in [1.29, 1.82) is 0 Å². The number of hydrogen-bond donors (Lipinski definition) is 2. The Morgan fingerprint density at radius 1 is 1.13 bits per heavy atom. The Morgan fingerprint density at radius 2 is 1.93 bits per heavy atom. The minimum absolute atomic E-state index is 0.0151. The molecule has 0 saturated carbocycles. The summed E-state index contributed by atoms with van der Waals surface area (Å²) in [6, 6.07) is 10.3. The van der Waals surface area contributed by atoms with Gasteiger partial charge in [0.25, 0.3) is 0 Å². The SMILES string of the molecule is Cc1ccc2nc(NC(=O)CCNS(=O)(=O)c3ccc4c(c3)OCCCO4)sc2c1. The number of aryl methyl sites for hydroxylation is 1. The fraction of sp³-hybridized carbons (Fsp3) is 0.300. The number of amides is 1. The molecular formula is C20H21N3O5S2. The molecule has 1 aliphatic rings. The van der Waals surface area contributed by atoms with Crippen LogP contribution in [-0.2, 0) is 14.8 Å². The van der Waals surface area contributed by atoms with Crippen molar-refractivity contribution in [3.05, 3.63) is 42.0 Å². The zero-order valence-electron chi connectivity index (χ0n) is 16.3. The highest BCUT2D eigenvalue weighted by molar-refractivity contribution is 7.89. The third kappa shape index (κ3) is 4.72. The van der Waals surface area contributed by atoms with Gasteiger partial charge in [-0.3, -0.25) is 4.79 Å². The Bertz CT molecular complexity index is 1190. The van der Waals surface area contributed by atoms with Crippen LogP contribution in [0.3, 0.4) is 0 Å². The number of hydrogen-bond acceptors (Lipinski definition) is 7. The topological polar surface area (TPSA) is 107 Å². The maximum absolute atomic E-state index is 12.5. The van der Waals surface area contributed by atoms with E-state index >= 15 is 0 Å². The molecule has 1 aliphatic heterocycles. The maximum atomic E-state index is 12.5. The van der Waals surface area contributed by atoms with E-state index in [1.54, 1.807) is 6.07 Å². The van der Waals surface area contributed by atoms with Gasteiger partial charge in [0.15, 0.2) is 16.6 Å². The van der Waals surface area contributed by atoms with E-state index < -0.39 is 10.0 Å². The smallest absolute Gasteiger partial charge is 0.240 e. The molecule has 30 heavy (non-hydrogen) atoms. The molecule has 8 nitrogen and oxygen atoms in total. The maximum Gasteiger partial charge on any atom is 0.240 e. The predicted molar refractivity (Wildman–Crippen MR) is 115 cm³/mol. The van der Waals surface area contributed by atoms with Crippen LogP contribution >= 0.6 is 11.3 Å². The van der Waals surface area contributed by atoms with E-state index in [0.29, 0.717) is 29.8 Å². The number of ether oxygens (including phenoxy) is 2. The summed E-state index contributed by atoms with van der Waals surface area (Å²) in [5.41, 5.74) is 1.93. The lowest BCUT2D eigenvalue weighted by Crippen LogP contribution is -2.27. The molecule has 2 heterocycles. The van der Waals surface area contributed by atoms with Crippen molar-refractivity contribution in [2.75, 3.05) is 25.1 Å². The molecule has 1 aromatic heterocycles. The lowest BCUT2D eigenvalue weighted by molar-refractivity contribution is -0.116. The molecule has 1 amide bonds. The highest BCUT2D eigenvalue weighted by Crippen LogP contribution is 2.32. The standard InChI is InChI=1S/C20H21N3O5S2/c1-13-3-5-15-18(11-13)29-20(22-15)23-19(24)7-8-21-30(25,26)14-4-6-16-17(12-14)28-10-2-9-27-16/h3-6,11-12,21H,2,7-10H2,1H3,(H,22,23,24). The first kappa shape index (κ1) is 20.6. The summed E-state index contributed by atoms with van der Waals surface area (Å²) in [6.45, 7) is 2.95. The molecule has 0 fully saturated rings. The number of sulfonamides is 1. The Hall–Kier alpha value is -2.69. The van der Waals surface area contributed by atoms with Crippen LogP contribution in [0.25, 0.3) is 10.2 Å². The van der Waals surface area contributed by atoms with Gasteiger partial charge in [-0.25, -0.2) is 18.1 Å². The highest BCUT2D eigenvalue weighted by atomic mass is 32.2. The van der Waals surface area contributed by atoms with Gasteiger partial charge in [0.05, 0.1) is 28.3 Å². The van der Waals surface area contributed by atoms with Crippen LogP contribution in [0.2, 0.25) is 0 Å². The highest BCUT2D eigenvalue weighted by Gasteiger charge is 2.19. The number of carbonyl (C=O) groups excluding carboxylic acids is 1. The molecule has 2 N–H and O–H groups in total. The first-order valence-corrected chi connectivity index (χ1v) is 11.8. The predicted octanol–water partition coefficient (Wildman–Crippen LogP) is 3.07. The van der Waals surface area contributed by atoms with Crippen molar-refractivity contribution in [3.8, 4) is 11.5 Å². The molecular weight excluding hydrogens is 426 g/mol. The van der Waals surface area contributed by atoms with Crippen LogP contribution in [0.5, 0.6) is 11.5 Å². The summed E-state index contributed by atoms with van der Waals surface area (Å²) in [4.78, 5) is 16.6. The molecule has 0 radical (unpaired) electrons. The molecule has 0 saturated heterocycles. The van der Waals surface area contributed by atoms with Gasteiger partial charge in [-0.1, -0.05) is 17.4 Å². The third-order valence-electron chi connectivity index (χ3n) is 4.46. The molecule has 0 bridgehead atoms. The number of rotatable bonds is 6. The van der Waals surface area contributed by atoms with E-state index in [9.17, 15) is 13.2 Å². The zero-order chi connectivity index (χ0) is 21.1. The molecule has 0 unspecified atom stereocenters. The van der Waals surface area contributed by atoms with Gasteiger partial charge in [-0.15, -0.1) is 0 Å². The summed E-state index contributed by atoms with van der Waals surface area (Å²) < 4.78 is 39.6. The van der Waals surface area contributed by atoms with Crippen LogP contribution in [0.1, 0.15) is 18.4 Å². The van der Waals surface area contributed by atoms with Crippen molar-refractivity contribution in [1.82, 2.24) is 9.71 Å². The van der Waals surface area contributed by atoms with E-state index in [4.69, 9.17) is 9.47 Å². The van der Waals surface area contributed by atoms with Crippen LogP contribution in [0, 0.1) is 6.92 Å². The van der Waals surface area contributed by atoms with Gasteiger partial charge in [0, 0.05) is 25.5 Å². The summed E-state index contributed by atoms with van der Waals surface area (Å²) in [7, 11) is -3.78. The number of nitrogens with one attached hydrogen (secondary N) is 2. The number of nitrogens with zero attached hydrogens (tertiary/aromatic N) is 1. The molecule has 0 aliphatic carbocycles. The Morgan fingerprint density at radius 3 is 2.77 bits per heavy atom. The fourth-order valence-electron chi connectivity index (χ4n) is 2.96. The van der Waals surface area contributed by atoms with Crippen LogP contribution in [0.15, 0.2) is 41.3 Å². The molecule has 2 aromatic carbocycles. The second kappa shape index (κ2) is 8.58. The van der Waals surface area contributed by atoms with Crippen molar-refractivity contribution >= 4 is 42.6 Å². The lowest BCUT2D eigenvalue weighted by Gasteiger charge is -2.10. The normalized spacial score (nSPS) is 13.8. The number of carbonyl (C=O) groups is 1. The fourth-order valence-corrected chi connectivity index (χ4v) is 4.99. The van der Waals surface area contributed by atoms with E-state index in [0.717, 1.165) is 22.2 Å². The summed E-state index contributed by atoms with van der Waals surface area (Å²) >= 11 is 1.38. The first-order chi connectivity index (χ1) is 14.4. The van der Waals surface area contributed by atoms with Gasteiger partial charge < -0.3 is 14.8 Å². The largest absolute Gasteiger partial charge is 0.490 e. The van der Waals surface area contributed by atoms with Crippen molar-refractivity contribution in [2.24, 2.45) is 0 Å². The van der Waals surface area contributed by atoms with Gasteiger partial charge in [-0.05, 0) is 36.8 Å². The molecule has 10 heteroatoms. The number of aromatic nitrogens is 1. The minimum atomic E-state index is -3.78.